The molecule has 3 N–H and O–H groups in total. The van der Waals surface area contributed by atoms with Crippen molar-refractivity contribution in [1.82, 2.24) is 4.57 Å². The molecule has 4 rings (SSSR count). The third kappa shape index (κ3) is 3.83. The van der Waals surface area contributed by atoms with Crippen molar-refractivity contribution in [3.05, 3.63) is 33.9 Å². The van der Waals surface area contributed by atoms with Gasteiger partial charge in [-0.15, -0.1) is 0 Å². The van der Waals surface area contributed by atoms with E-state index >= 15 is 4.39 Å². The van der Waals surface area contributed by atoms with E-state index in [4.69, 9.17) is 15.2 Å². The number of anilines is 1. The monoisotopic (exact) mass is 441 g/mol. The predicted molar refractivity (Wildman–Crippen MR) is 106 cm³/mol. The average Bonchev–Trinajstić information content (AvgIpc) is 3.46. The lowest BCUT2D eigenvalue weighted by molar-refractivity contribution is -0.0488. The van der Waals surface area contributed by atoms with Crippen LogP contribution in [0.4, 0.5) is 18.9 Å². The van der Waals surface area contributed by atoms with Crippen LogP contribution in [0.25, 0.3) is 10.9 Å². The number of benzene rings is 1. The lowest BCUT2D eigenvalue weighted by atomic mass is 10.1. The number of pyridine rings is 1. The van der Waals surface area contributed by atoms with Crippen molar-refractivity contribution in [2.24, 2.45) is 11.7 Å². The summed E-state index contributed by atoms with van der Waals surface area (Å²) in [5, 5.41) is 9.06. The number of aromatic carboxylic acids is 1. The summed E-state index contributed by atoms with van der Waals surface area (Å²) >= 11 is 0. The van der Waals surface area contributed by atoms with Crippen molar-refractivity contribution in [1.29, 1.82) is 0 Å². The molecular weight excluding hydrogens is 419 g/mol. The Balaban J connectivity index is 1.98. The number of hydrogen-bond acceptors (Lipinski definition) is 6. The number of alkyl halides is 2. The number of fused-ring (bicyclic) bond motifs is 1. The van der Waals surface area contributed by atoms with Gasteiger partial charge >= 0.3 is 12.6 Å². The second-order valence-electron chi connectivity index (χ2n) is 7.91. The number of hydrogen-bond donors (Lipinski definition) is 2. The van der Waals surface area contributed by atoms with Gasteiger partial charge in [0.25, 0.3) is 0 Å². The molecule has 2 fully saturated rings. The van der Waals surface area contributed by atoms with Crippen LogP contribution in [0.1, 0.15) is 29.2 Å². The Morgan fingerprint density at radius 1 is 1.35 bits per heavy atom. The van der Waals surface area contributed by atoms with Crippen molar-refractivity contribution >= 4 is 22.6 Å². The number of carbonyl (C=O) groups is 1. The van der Waals surface area contributed by atoms with Crippen LogP contribution in [-0.4, -0.2) is 55.1 Å². The molecule has 2 aliphatic rings. The van der Waals surface area contributed by atoms with Gasteiger partial charge < -0.3 is 29.8 Å². The number of ether oxygens (including phenoxy) is 2. The molecule has 2 aromatic rings. The third-order valence-electron chi connectivity index (χ3n) is 5.76. The van der Waals surface area contributed by atoms with Gasteiger partial charge in [0, 0.05) is 44.4 Å². The zero-order chi connectivity index (χ0) is 22.4. The van der Waals surface area contributed by atoms with Crippen LogP contribution in [-0.2, 0) is 4.74 Å². The fraction of sp³-hybridized carbons (Fsp3) is 0.500. The number of methoxy groups -OCH3 is 1. The molecule has 8 nitrogen and oxygen atoms in total. The first kappa shape index (κ1) is 21.4. The van der Waals surface area contributed by atoms with Gasteiger partial charge in [0.1, 0.15) is 11.3 Å². The van der Waals surface area contributed by atoms with Crippen molar-refractivity contribution < 1.29 is 32.5 Å². The standard InChI is InChI=1S/C20H22F3N3O5/c1-30-8-9-5-25(7-14(9)24)16-13(21)4-11-15(18(16)31-20(22)23)26(10-2-3-10)6-12(17(11)27)19(28)29/h4,6,9-10,14,20H,2-3,5,7-8,24H2,1H3,(H,28,29). The van der Waals surface area contributed by atoms with Crippen LogP contribution in [0, 0.1) is 11.7 Å². The summed E-state index contributed by atoms with van der Waals surface area (Å²) in [5.41, 5.74) is 4.34. The van der Waals surface area contributed by atoms with Crippen molar-refractivity contribution in [3.8, 4) is 5.75 Å². The molecule has 2 atom stereocenters. The van der Waals surface area contributed by atoms with Crippen LogP contribution in [0.5, 0.6) is 5.75 Å². The Kier molecular flexibility index (Phi) is 5.56. The summed E-state index contributed by atoms with van der Waals surface area (Å²) in [6.45, 7) is -2.54. The Morgan fingerprint density at radius 2 is 2.06 bits per heavy atom. The number of carboxylic acid groups (broad SMARTS) is 1. The fourth-order valence-corrected chi connectivity index (χ4v) is 4.20. The fourth-order valence-electron chi connectivity index (χ4n) is 4.20. The van der Waals surface area contributed by atoms with Gasteiger partial charge in [0.15, 0.2) is 11.6 Å². The topological polar surface area (TPSA) is 107 Å². The first-order chi connectivity index (χ1) is 14.7. The SMILES string of the molecule is COCC1CN(c2c(F)cc3c(=O)c(C(=O)O)cn(C4CC4)c3c2OC(F)F)CC1N. The number of carboxylic acids is 1. The summed E-state index contributed by atoms with van der Waals surface area (Å²) in [7, 11) is 1.51. The highest BCUT2D eigenvalue weighted by molar-refractivity contribution is 5.97. The molecule has 1 aromatic heterocycles. The zero-order valence-corrected chi connectivity index (χ0v) is 16.7. The molecule has 0 radical (unpaired) electrons. The molecule has 1 aliphatic heterocycles. The molecule has 0 spiro atoms. The summed E-state index contributed by atoms with van der Waals surface area (Å²) in [6.07, 6.45) is 2.46. The van der Waals surface area contributed by atoms with E-state index in [0.717, 1.165) is 12.3 Å². The molecule has 0 amide bonds. The highest BCUT2D eigenvalue weighted by Crippen LogP contribution is 2.45. The third-order valence-corrected chi connectivity index (χ3v) is 5.76. The molecule has 1 aliphatic carbocycles. The number of rotatable bonds is 7. The molecule has 0 bridgehead atoms. The van der Waals surface area contributed by atoms with Gasteiger partial charge in [0.2, 0.25) is 5.43 Å². The molecule has 2 heterocycles. The van der Waals surface area contributed by atoms with Crippen LogP contribution in [0.3, 0.4) is 0 Å². The largest absolute Gasteiger partial charge is 0.477 e. The first-order valence-corrected chi connectivity index (χ1v) is 9.81. The zero-order valence-electron chi connectivity index (χ0n) is 16.7. The lowest BCUT2D eigenvalue weighted by Gasteiger charge is -2.25. The maximum Gasteiger partial charge on any atom is 0.387 e. The molecule has 168 valence electrons. The van der Waals surface area contributed by atoms with E-state index in [0.29, 0.717) is 19.4 Å². The van der Waals surface area contributed by atoms with Crippen LogP contribution < -0.4 is 20.8 Å². The van der Waals surface area contributed by atoms with E-state index in [1.54, 1.807) is 0 Å². The maximum absolute atomic E-state index is 15.2. The molecule has 1 aromatic carbocycles. The molecular formula is C20H22F3N3O5. The minimum Gasteiger partial charge on any atom is -0.477 e. The number of halogens is 3. The predicted octanol–water partition coefficient (Wildman–Crippen LogP) is 2.19. The molecule has 31 heavy (non-hydrogen) atoms. The maximum atomic E-state index is 15.2. The second-order valence-corrected chi connectivity index (χ2v) is 7.91. The average molecular weight is 441 g/mol. The van der Waals surface area contributed by atoms with Gasteiger partial charge in [-0.1, -0.05) is 0 Å². The van der Waals surface area contributed by atoms with Gasteiger partial charge in [-0.05, 0) is 18.9 Å². The minimum absolute atomic E-state index is 0.0436. The van der Waals surface area contributed by atoms with E-state index in [9.17, 15) is 23.5 Å². The Morgan fingerprint density at radius 3 is 2.65 bits per heavy atom. The number of nitrogens with zero attached hydrogens (tertiary/aromatic N) is 2. The van der Waals surface area contributed by atoms with Gasteiger partial charge in [-0.2, -0.15) is 8.78 Å². The number of nitrogens with two attached hydrogens (primary N) is 1. The summed E-state index contributed by atoms with van der Waals surface area (Å²) in [4.78, 5) is 25.8. The summed E-state index contributed by atoms with van der Waals surface area (Å²) in [6, 6.07) is 0.322. The summed E-state index contributed by atoms with van der Waals surface area (Å²) in [5.74, 6) is -3.08. The quantitative estimate of drug-likeness (QED) is 0.678. The Labute approximate surface area is 174 Å². The molecule has 11 heteroatoms. The number of aromatic nitrogens is 1. The van der Waals surface area contributed by atoms with Crippen molar-refractivity contribution in [2.45, 2.75) is 31.5 Å². The minimum atomic E-state index is -3.28. The van der Waals surface area contributed by atoms with Gasteiger partial charge in [-0.25, -0.2) is 9.18 Å². The highest BCUT2D eigenvalue weighted by atomic mass is 19.3. The van der Waals surface area contributed by atoms with Crippen molar-refractivity contribution in [3.63, 3.8) is 0 Å². The van der Waals surface area contributed by atoms with Crippen LogP contribution in [0.15, 0.2) is 17.1 Å². The van der Waals surface area contributed by atoms with E-state index in [-0.39, 0.29) is 47.7 Å². The van der Waals surface area contributed by atoms with E-state index in [2.05, 4.69) is 0 Å². The summed E-state index contributed by atoms with van der Waals surface area (Å²) < 4.78 is 53.4. The first-order valence-electron chi connectivity index (χ1n) is 9.81. The Bertz CT molecular complexity index is 1090. The molecule has 1 saturated heterocycles. The smallest absolute Gasteiger partial charge is 0.387 e. The van der Waals surface area contributed by atoms with E-state index in [1.807, 2.05) is 0 Å². The van der Waals surface area contributed by atoms with E-state index < -0.39 is 35.1 Å². The van der Waals surface area contributed by atoms with Crippen molar-refractivity contribution in [2.75, 3.05) is 31.7 Å². The normalized spacial score (nSPS) is 21.3. The van der Waals surface area contributed by atoms with Gasteiger partial charge in [0.05, 0.1) is 17.5 Å². The molecule has 1 saturated carbocycles. The van der Waals surface area contributed by atoms with Crippen LogP contribution in [0.2, 0.25) is 0 Å². The van der Waals surface area contributed by atoms with Gasteiger partial charge in [-0.3, -0.25) is 4.79 Å². The second kappa shape index (κ2) is 8.04. The Hall–Kier alpha value is -2.79. The lowest BCUT2D eigenvalue weighted by Crippen LogP contribution is -2.31. The molecule has 2 unspecified atom stereocenters. The van der Waals surface area contributed by atoms with E-state index in [1.165, 1.54) is 16.6 Å². The highest BCUT2D eigenvalue weighted by Gasteiger charge is 2.36. The van der Waals surface area contributed by atoms with Crippen LogP contribution >= 0.6 is 0 Å².